The molecule has 2 heterocycles. The van der Waals surface area contributed by atoms with Gasteiger partial charge in [0.2, 0.25) is 5.91 Å². The number of amides is 1. The fourth-order valence-electron chi connectivity index (χ4n) is 3.32. The summed E-state index contributed by atoms with van der Waals surface area (Å²) in [5, 5.41) is 10.3. The van der Waals surface area contributed by atoms with Crippen LogP contribution in [0.4, 0.5) is 0 Å². The molecule has 0 aliphatic rings. The molecule has 2 aromatic heterocycles. The van der Waals surface area contributed by atoms with Gasteiger partial charge in [-0.05, 0) is 43.3 Å². The molecule has 2 aromatic carbocycles. The van der Waals surface area contributed by atoms with Crippen molar-refractivity contribution < 1.29 is 9.53 Å². The van der Waals surface area contributed by atoms with Crippen molar-refractivity contribution in [2.75, 3.05) is 19.9 Å². The van der Waals surface area contributed by atoms with E-state index in [-0.39, 0.29) is 17.7 Å². The van der Waals surface area contributed by atoms with E-state index in [1.807, 2.05) is 67.1 Å². The Morgan fingerprint density at radius 1 is 1.24 bits per heavy atom. The van der Waals surface area contributed by atoms with Gasteiger partial charge in [-0.15, -0.1) is 28.1 Å². The zero-order chi connectivity index (χ0) is 23.4. The van der Waals surface area contributed by atoms with E-state index in [1.165, 1.54) is 11.8 Å². The number of allylic oxidation sites excluding steroid dienone is 1. The van der Waals surface area contributed by atoms with Crippen molar-refractivity contribution in [1.82, 2.24) is 24.6 Å². The molecular formula is C24H25N5O2S2. The highest BCUT2D eigenvalue weighted by Crippen LogP contribution is 2.30. The monoisotopic (exact) mass is 479 g/mol. The first-order valence-electron chi connectivity index (χ1n) is 10.4. The molecule has 9 heteroatoms. The quantitative estimate of drug-likeness (QED) is 0.247. The van der Waals surface area contributed by atoms with E-state index in [0.717, 1.165) is 32.4 Å². The van der Waals surface area contributed by atoms with Crippen LogP contribution in [0.2, 0.25) is 0 Å². The number of nitrogens with zero attached hydrogens (tertiary/aromatic N) is 5. The highest BCUT2D eigenvalue weighted by Gasteiger charge is 2.22. The van der Waals surface area contributed by atoms with Gasteiger partial charge in [-0.3, -0.25) is 9.36 Å². The van der Waals surface area contributed by atoms with Crippen LogP contribution in [0.25, 0.3) is 21.6 Å². The Bertz CT molecular complexity index is 1230. The molecular weight excluding hydrogens is 454 g/mol. The van der Waals surface area contributed by atoms with Crippen LogP contribution in [0, 0.1) is 0 Å². The lowest BCUT2D eigenvalue weighted by molar-refractivity contribution is -0.128. The zero-order valence-corrected chi connectivity index (χ0v) is 20.4. The molecule has 170 valence electrons. The van der Waals surface area contributed by atoms with Gasteiger partial charge in [0.25, 0.3) is 0 Å². The molecule has 0 bridgehead atoms. The highest BCUT2D eigenvalue weighted by molar-refractivity contribution is 7.99. The fraction of sp³-hybridized carbons (Fsp3) is 0.250. The van der Waals surface area contributed by atoms with E-state index in [0.29, 0.717) is 11.7 Å². The lowest BCUT2D eigenvalue weighted by Crippen LogP contribution is -2.31. The summed E-state index contributed by atoms with van der Waals surface area (Å²) in [6, 6.07) is 15.6. The number of thiazole rings is 1. The van der Waals surface area contributed by atoms with Gasteiger partial charge in [0, 0.05) is 19.2 Å². The average molecular weight is 480 g/mol. The summed E-state index contributed by atoms with van der Waals surface area (Å²) in [5.41, 5.74) is 1.88. The lowest BCUT2D eigenvalue weighted by Gasteiger charge is -2.23. The summed E-state index contributed by atoms with van der Waals surface area (Å²) in [6.45, 7) is 6.40. The summed E-state index contributed by atoms with van der Waals surface area (Å²) in [7, 11) is 3.45. The number of aromatic nitrogens is 4. The van der Waals surface area contributed by atoms with Crippen molar-refractivity contribution in [3.05, 3.63) is 66.2 Å². The molecule has 33 heavy (non-hydrogen) atoms. The number of ether oxygens (including phenoxy) is 1. The molecule has 0 N–H and O–H groups in total. The number of thioether (sulfide) groups is 1. The fourth-order valence-corrected chi connectivity index (χ4v) is 5.26. The van der Waals surface area contributed by atoms with Crippen LogP contribution in [0.5, 0.6) is 5.75 Å². The van der Waals surface area contributed by atoms with Crippen LogP contribution in [0.3, 0.4) is 0 Å². The van der Waals surface area contributed by atoms with Gasteiger partial charge in [0.05, 0.1) is 29.1 Å². The SMILES string of the molecule is C=CCn1c(SCC(=O)N(C)C(C)c2nc3ccccc3s2)nnc1-c1ccc(OC)cc1. The first kappa shape index (κ1) is 23.0. The number of para-hydroxylation sites is 1. The van der Waals surface area contributed by atoms with Crippen molar-refractivity contribution in [2.24, 2.45) is 0 Å². The summed E-state index contributed by atoms with van der Waals surface area (Å²) in [5.74, 6) is 1.76. The Hall–Kier alpha value is -3.17. The number of carbonyl (C=O) groups is 1. The number of rotatable bonds is 9. The zero-order valence-electron chi connectivity index (χ0n) is 18.8. The van der Waals surface area contributed by atoms with Gasteiger partial charge >= 0.3 is 0 Å². The van der Waals surface area contributed by atoms with Crippen molar-refractivity contribution in [3.63, 3.8) is 0 Å². The lowest BCUT2D eigenvalue weighted by atomic mass is 10.2. The third-order valence-electron chi connectivity index (χ3n) is 5.34. The second-order valence-corrected chi connectivity index (χ2v) is 9.43. The highest BCUT2D eigenvalue weighted by atomic mass is 32.2. The third kappa shape index (κ3) is 4.94. The number of methoxy groups -OCH3 is 1. The molecule has 1 unspecified atom stereocenters. The summed E-state index contributed by atoms with van der Waals surface area (Å²) in [4.78, 5) is 19.4. The summed E-state index contributed by atoms with van der Waals surface area (Å²) < 4.78 is 8.32. The first-order valence-corrected chi connectivity index (χ1v) is 12.2. The predicted molar refractivity (Wildman–Crippen MR) is 134 cm³/mol. The number of hydrogen-bond donors (Lipinski definition) is 0. The number of fused-ring (bicyclic) bond motifs is 1. The van der Waals surface area contributed by atoms with E-state index in [4.69, 9.17) is 9.72 Å². The molecule has 0 aliphatic carbocycles. The largest absolute Gasteiger partial charge is 0.497 e. The maximum absolute atomic E-state index is 13.0. The Morgan fingerprint density at radius 3 is 2.70 bits per heavy atom. The van der Waals surface area contributed by atoms with Crippen LogP contribution < -0.4 is 4.74 Å². The maximum Gasteiger partial charge on any atom is 0.233 e. The summed E-state index contributed by atoms with van der Waals surface area (Å²) >= 11 is 2.99. The first-order chi connectivity index (χ1) is 16.0. The number of carbonyl (C=O) groups excluding carboxylic acids is 1. The molecule has 0 saturated heterocycles. The Kier molecular flexibility index (Phi) is 7.10. The smallest absolute Gasteiger partial charge is 0.233 e. The molecule has 1 atom stereocenters. The number of hydrogen-bond acceptors (Lipinski definition) is 7. The van der Waals surface area contributed by atoms with E-state index >= 15 is 0 Å². The van der Waals surface area contributed by atoms with Crippen molar-refractivity contribution in [2.45, 2.75) is 24.7 Å². The van der Waals surface area contributed by atoms with Crippen LogP contribution in [-0.2, 0) is 11.3 Å². The molecule has 0 radical (unpaired) electrons. The second kappa shape index (κ2) is 10.2. The Balaban J connectivity index is 1.46. The minimum Gasteiger partial charge on any atom is -0.497 e. The van der Waals surface area contributed by atoms with Crippen LogP contribution in [0.1, 0.15) is 18.0 Å². The van der Waals surface area contributed by atoms with Crippen molar-refractivity contribution in [1.29, 1.82) is 0 Å². The van der Waals surface area contributed by atoms with Gasteiger partial charge in [-0.2, -0.15) is 0 Å². The second-order valence-electron chi connectivity index (χ2n) is 7.42. The van der Waals surface area contributed by atoms with Crippen molar-refractivity contribution in [3.8, 4) is 17.1 Å². The molecule has 0 aliphatic heterocycles. The minimum absolute atomic E-state index is 0.00547. The van der Waals surface area contributed by atoms with Gasteiger partial charge in [-0.25, -0.2) is 4.98 Å². The molecule has 4 rings (SSSR count). The topological polar surface area (TPSA) is 73.1 Å². The van der Waals surface area contributed by atoms with Crippen molar-refractivity contribution >= 4 is 39.2 Å². The minimum atomic E-state index is -0.114. The molecule has 0 spiro atoms. The van der Waals surface area contributed by atoms with E-state index in [2.05, 4.69) is 16.8 Å². The standard InChI is InChI=1S/C24H25N5O2S2/c1-5-14-29-22(17-10-12-18(31-4)13-11-17)26-27-24(29)32-15-21(30)28(3)16(2)23-25-19-8-6-7-9-20(19)33-23/h5-13,16H,1,14-15H2,2-4H3. The molecule has 7 nitrogen and oxygen atoms in total. The third-order valence-corrected chi connectivity index (χ3v) is 7.50. The Morgan fingerprint density at radius 2 is 2.00 bits per heavy atom. The van der Waals surface area contributed by atoms with Gasteiger partial charge in [-0.1, -0.05) is 30.0 Å². The normalized spacial score (nSPS) is 12.0. The van der Waals surface area contributed by atoms with E-state index in [1.54, 1.807) is 29.4 Å². The van der Waals surface area contributed by atoms with Gasteiger partial charge < -0.3 is 9.64 Å². The number of benzene rings is 2. The Labute approximate surface area is 201 Å². The van der Waals surface area contributed by atoms with E-state index in [9.17, 15) is 4.79 Å². The van der Waals surface area contributed by atoms with Gasteiger partial charge in [0.1, 0.15) is 10.8 Å². The average Bonchev–Trinajstić information content (AvgIpc) is 3.46. The van der Waals surface area contributed by atoms with Crippen LogP contribution >= 0.6 is 23.1 Å². The molecule has 1 amide bonds. The predicted octanol–water partition coefficient (Wildman–Crippen LogP) is 5.06. The molecule has 4 aromatic rings. The van der Waals surface area contributed by atoms with Gasteiger partial charge in [0.15, 0.2) is 11.0 Å². The van der Waals surface area contributed by atoms with Crippen LogP contribution in [0.15, 0.2) is 66.3 Å². The van der Waals surface area contributed by atoms with E-state index < -0.39 is 0 Å². The molecule has 0 saturated carbocycles. The molecule has 0 fully saturated rings. The summed E-state index contributed by atoms with van der Waals surface area (Å²) in [6.07, 6.45) is 1.80. The maximum atomic E-state index is 13.0. The van der Waals surface area contributed by atoms with Crippen LogP contribution in [-0.4, -0.2) is 50.5 Å².